The molecule has 2 aliphatic rings. The van der Waals surface area contributed by atoms with Crippen molar-refractivity contribution < 1.29 is 0 Å². The maximum atomic E-state index is 4.46. The Bertz CT molecular complexity index is 3350. The van der Waals surface area contributed by atoms with Crippen LogP contribution in [0.15, 0.2) is 207 Å². The van der Waals surface area contributed by atoms with E-state index in [0.717, 1.165) is 51.5 Å². The summed E-state index contributed by atoms with van der Waals surface area (Å²) in [5.74, 6) is 0. The van der Waals surface area contributed by atoms with E-state index in [-0.39, 0.29) is 0 Å². The van der Waals surface area contributed by atoms with E-state index in [4.69, 9.17) is 0 Å². The van der Waals surface area contributed by atoms with Crippen LogP contribution in [0.3, 0.4) is 0 Å². The molecule has 3 aromatic heterocycles. The minimum Gasteiger partial charge on any atom is -0.332 e. The van der Waals surface area contributed by atoms with Gasteiger partial charge in [-0.2, -0.15) is 0 Å². The Kier molecular flexibility index (Phi) is 7.90. The number of para-hydroxylation sites is 4. The molecule has 276 valence electrons. The van der Waals surface area contributed by atoms with Crippen molar-refractivity contribution in [2.75, 3.05) is 4.90 Å². The first-order valence-corrected chi connectivity index (χ1v) is 19.9. The summed E-state index contributed by atoms with van der Waals surface area (Å²) < 4.78 is 7.16. The molecule has 0 saturated carbocycles. The summed E-state index contributed by atoms with van der Waals surface area (Å²) in [5, 5.41) is 7.21. The third-order valence-corrected chi connectivity index (χ3v) is 11.9. The van der Waals surface area contributed by atoms with Crippen LogP contribution in [0.1, 0.15) is 18.0 Å². The molecule has 0 spiro atoms. The fourth-order valence-corrected chi connectivity index (χ4v) is 9.35. The Balaban J connectivity index is 1.17. The number of aromatic nitrogens is 3. The normalized spacial score (nSPS) is 15.2. The van der Waals surface area contributed by atoms with Gasteiger partial charge in [-0.1, -0.05) is 116 Å². The Labute approximate surface area is 337 Å². The van der Waals surface area contributed by atoms with Crippen LogP contribution in [0.4, 0.5) is 11.4 Å². The topological polar surface area (TPSA) is 18.0 Å². The average Bonchev–Trinajstić information content (AvgIpc) is 4.02. The van der Waals surface area contributed by atoms with Crippen molar-refractivity contribution in [3.63, 3.8) is 0 Å². The quantitative estimate of drug-likeness (QED) is 0.142. The van der Waals surface area contributed by atoms with Gasteiger partial charge in [0, 0.05) is 72.5 Å². The molecule has 1 atom stereocenters. The Morgan fingerprint density at radius 1 is 0.638 bits per heavy atom. The third kappa shape index (κ3) is 5.23. The molecule has 1 aliphatic carbocycles. The summed E-state index contributed by atoms with van der Waals surface area (Å²) in [5.41, 5.74) is 12.5. The third-order valence-electron chi connectivity index (χ3n) is 11.9. The first-order chi connectivity index (χ1) is 28.7. The lowest BCUT2D eigenvalue weighted by atomic mass is 10.00. The Morgan fingerprint density at radius 3 is 2.05 bits per heavy atom. The van der Waals surface area contributed by atoms with Crippen LogP contribution >= 0.6 is 0 Å². The zero-order valence-corrected chi connectivity index (χ0v) is 32.0. The average molecular weight is 745 g/mol. The minimum atomic E-state index is 0.298. The SMILES string of the molecule is C=C/C=c1\c2n(c3ccc(N(/C(C=C)=C/c4cn(-c5ccccc5)c5ccccc45)c4ccc5c(c4)c4ccccc4n5-c4ccccc4)cc13)C1CC=CC=C1C=2. The van der Waals surface area contributed by atoms with E-state index in [0.29, 0.717) is 6.04 Å². The molecule has 4 heterocycles. The molecule has 1 aliphatic heterocycles. The summed E-state index contributed by atoms with van der Waals surface area (Å²) in [6, 6.07) is 52.7. The van der Waals surface area contributed by atoms with E-state index in [1.807, 2.05) is 12.2 Å². The van der Waals surface area contributed by atoms with Crippen LogP contribution in [0, 0.1) is 0 Å². The van der Waals surface area contributed by atoms with Gasteiger partial charge in [-0.3, -0.25) is 0 Å². The van der Waals surface area contributed by atoms with Gasteiger partial charge >= 0.3 is 0 Å². The number of allylic oxidation sites excluding steroid dienone is 6. The van der Waals surface area contributed by atoms with Crippen molar-refractivity contribution in [2.45, 2.75) is 12.5 Å². The van der Waals surface area contributed by atoms with E-state index in [1.54, 1.807) is 0 Å². The van der Waals surface area contributed by atoms with Crippen molar-refractivity contribution in [3.05, 3.63) is 223 Å². The summed E-state index contributed by atoms with van der Waals surface area (Å²) in [7, 11) is 0. The predicted octanol–water partition coefficient (Wildman–Crippen LogP) is 12.2. The van der Waals surface area contributed by atoms with Gasteiger partial charge in [0.15, 0.2) is 0 Å². The van der Waals surface area contributed by atoms with Gasteiger partial charge < -0.3 is 18.6 Å². The highest BCUT2D eigenvalue weighted by Gasteiger charge is 2.26. The zero-order valence-electron chi connectivity index (χ0n) is 32.0. The Hall–Kier alpha value is -7.56. The number of hydrogen-bond acceptors (Lipinski definition) is 1. The van der Waals surface area contributed by atoms with Crippen LogP contribution in [0.2, 0.25) is 0 Å². The van der Waals surface area contributed by atoms with Crippen molar-refractivity contribution in [3.8, 4) is 11.4 Å². The monoisotopic (exact) mass is 744 g/mol. The standard InChI is InChI=1S/C54H40N4/c1-3-17-45-47-34-43(29-31-53(47)58-49-25-14-11-18-37(49)33-54(45)58)56(39(4-2)32-38-36-55(40-19-7-5-8-20-40)50-26-15-12-23-44(38)50)42-28-30-52-48(35-42)46-24-13-16-27-51(46)57(52)41-21-9-6-10-22-41/h3-24,26-36,49H,1-2,25H2/b39-32+,45-17-. The fraction of sp³-hybridized carbons (Fsp3) is 0.0370. The number of anilines is 2. The molecular formula is C54H40N4. The van der Waals surface area contributed by atoms with E-state index in [2.05, 4.69) is 220 Å². The lowest BCUT2D eigenvalue weighted by Crippen LogP contribution is -2.26. The molecule has 0 bridgehead atoms. The molecule has 1 unspecified atom stereocenters. The molecule has 4 heteroatoms. The molecule has 0 amide bonds. The molecule has 11 rings (SSSR count). The number of fused-ring (bicyclic) bond motifs is 9. The van der Waals surface area contributed by atoms with Crippen LogP contribution in [-0.4, -0.2) is 13.7 Å². The van der Waals surface area contributed by atoms with Gasteiger partial charge in [0.25, 0.3) is 0 Å². The zero-order chi connectivity index (χ0) is 38.7. The van der Waals surface area contributed by atoms with Crippen molar-refractivity contribution >= 4 is 73.2 Å². The highest BCUT2D eigenvalue weighted by molar-refractivity contribution is 6.10. The second-order valence-electron chi connectivity index (χ2n) is 15.1. The highest BCUT2D eigenvalue weighted by atomic mass is 15.1. The van der Waals surface area contributed by atoms with Gasteiger partial charge in [-0.15, -0.1) is 0 Å². The summed E-state index contributed by atoms with van der Waals surface area (Å²) >= 11 is 0. The maximum Gasteiger partial charge on any atom is 0.0627 e. The largest absolute Gasteiger partial charge is 0.332 e. The molecule has 0 fully saturated rings. The first-order valence-electron chi connectivity index (χ1n) is 19.9. The van der Waals surface area contributed by atoms with Crippen LogP contribution in [0.5, 0.6) is 0 Å². The first kappa shape index (κ1) is 33.8. The van der Waals surface area contributed by atoms with Crippen molar-refractivity contribution in [2.24, 2.45) is 0 Å². The van der Waals surface area contributed by atoms with E-state index >= 15 is 0 Å². The molecule has 0 radical (unpaired) electrons. The molecule has 4 nitrogen and oxygen atoms in total. The summed E-state index contributed by atoms with van der Waals surface area (Å²) in [4.78, 5) is 2.37. The van der Waals surface area contributed by atoms with Gasteiger partial charge in [-0.25, -0.2) is 0 Å². The van der Waals surface area contributed by atoms with E-state index in [1.165, 1.54) is 48.7 Å². The fourth-order valence-electron chi connectivity index (χ4n) is 9.35. The minimum absolute atomic E-state index is 0.298. The van der Waals surface area contributed by atoms with Gasteiger partial charge in [-0.05, 0) is 103 Å². The number of nitrogens with zero attached hydrogens (tertiary/aromatic N) is 4. The number of benzene rings is 6. The maximum absolute atomic E-state index is 4.46. The van der Waals surface area contributed by atoms with Gasteiger partial charge in [0.05, 0.1) is 27.9 Å². The summed E-state index contributed by atoms with van der Waals surface area (Å²) in [6.07, 6.45) is 20.6. The molecule has 0 saturated heterocycles. The van der Waals surface area contributed by atoms with Crippen molar-refractivity contribution in [1.82, 2.24) is 13.7 Å². The van der Waals surface area contributed by atoms with Crippen LogP contribution in [-0.2, 0) is 0 Å². The van der Waals surface area contributed by atoms with Crippen LogP contribution in [0.25, 0.3) is 73.2 Å². The molecule has 6 aromatic carbocycles. The van der Waals surface area contributed by atoms with E-state index < -0.39 is 0 Å². The number of rotatable bonds is 8. The van der Waals surface area contributed by atoms with E-state index in [9.17, 15) is 0 Å². The molecule has 9 aromatic rings. The van der Waals surface area contributed by atoms with Gasteiger partial charge in [0.1, 0.15) is 0 Å². The van der Waals surface area contributed by atoms with Crippen molar-refractivity contribution in [1.29, 1.82) is 0 Å². The van der Waals surface area contributed by atoms with Crippen LogP contribution < -0.4 is 15.5 Å². The lowest BCUT2D eigenvalue weighted by molar-refractivity contribution is 0.618. The second kappa shape index (κ2) is 13.6. The highest BCUT2D eigenvalue weighted by Crippen LogP contribution is 2.40. The van der Waals surface area contributed by atoms with Gasteiger partial charge in [0.2, 0.25) is 0 Å². The number of hydrogen-bond donors (Lipinski definition) is 0. The Morgan fingerprint density at radius 2 is 1.29 bits per heavy atom. The predicted molar refractivity (Wildman–Crippen MR) is 246 cm³/mol. The molecular weight excluding hydrogens is 705 g/mol. The lowest BCUT2D eigenvalue weighted by Gasteiger charge is -2.27. The second-order valence-corrected chi connectivity index (χ2v) is 15.1. The molecule has 0 N–H and O–H groups in total. The smallest absolute Gasteiger partial charge is 0.0627 e. The molecule has 58 heavy (non-hydrogen) atoms. The summed E-state index contributed by atoms with van der Waals surface area (Å²) in [6.45, 7) is 8.60.